The van der Waals surface area contributed by atoms with Gasteiger partial charge in [0.15, 0.2) is 0 Å². The normalized spacial score (nSPS) is 11.2. The van der Waals surface area contributed by atoms with Crippen LogP contribution < -0.4 is 0 Å². The maximum atomic E-state index is 11.5. The van der Waals surface area contributed by atoms with Gasteiger partial charge in [0.1, 0.15) is 19.8 Å². The highest BCUT2D eigenvalue weighted by Crippen LogP contribution is 2.21. The summed E-state index contributed by atoms with van der Waals surface area (Å²) in [6.07, 6.45) is 2.25. The Morgan fingerprint density at radius 1 is 0.758 bits per heavy atom. The van der Waals surface area contributed by atoms with Crippen LogP contribution in [0.3, 0.4) is 0 Å². The van der Waals surface area contributed by atoms with Gasteiger partial charge in [-0.05, 0) is 67.7 Å². The van der Waals surface area contributed by atoms with E-state index in [1.54, 1.807) is 13.8 Å². The van der Waals surface area contributed by atoms with Crippen molar-refractivity contribution >= 4 is 17.9 Å². The van der Waals surface area contributed by atoms with E-state index in [1.807, 2.05) is 55.4 Å². The lowest BCUT2D eigenvalue weighted by Gasteiger charge is -2.20. The molecular weight excluding hydrogens is 428 g/mol. The summed E-state index contributed by atoms with van der Waals surface area (Å²) >= 11 is 0. The Kier molecular flexibility index (Phi) is 18.9. The number of methoxy groups -OCH3 is 1. The maximum Gasteiger partial charge on any atom is 0.311 e. The van der Waals surface area contributed by atoms with Gasteiger partial charge in [-0.1, -0.05) is 32.9 Å². The minimum atomic E-state index is -0.722. The smallest absolute Gasteiger partial charge is 0.311 e. The second-order valence-corrected chi connectivity index (χ2v) is 9.69. The van der Waals surface area contributed by atoms with Crippen LogP contribution in [0.2, 0.25) is 0 Å². The molecule has 0 saturated heterocycles. The summed E-state index contributed by atoms with van der Waals surface area (Å²) < 4.78 is 9.61. The third kappa shape index (κ3) is 18.2. The predicted molar refractivity (Wildman–Crippen MR) is 130 cm³/mol. The van der Waals surface area contributed by atoms with Crippen LogP contribution in [0.5, 0.6) is 0 Å². The molecule has 0 spiro atoms. The first kappa shape index (κ1) is 35.7. The number of esters is 2. The van der Waals surface area contributed by atoms with Crippen molar-refractivity contribution in [2.24, 2.45) is 16.2 Å². The maximum absolute atomic E-state index is 11.5. The Balaban J connectivity index is -0.000000449. The lowest BCUT2D eigenvalue weighted by molar-refractivity contribution is -0.292. The number of carbonyl (C=O) groups is 3. The van der Waals surface area contributed by atoms with Crippen LogP contribution >= 0.6 is 0 Å². The largest absolute Gasteiger partial charge is 0.481 e. The molecule has 0 aromatic carbocycles. The van der Waals surface area contributed by atoms with Crippen molar-refractivity contribution < 1.29 is 38.7 Å². The second kappa shape index (κ2) is 17.5. The molecule has 196 valence electrons. The van der Waals surface area contributed by atoms with Crippen LogP contribution in [0.15, 0.2) is 12.2 Å². The van der Waals surface area contributed by atoms with Crippen LogP contribution in [0.4, 0.5) is 0 Å². The molecule has 0 radical (unpaired) electrons. The molecule has 1 N–H and O–H groups in total. The Morgan fingerprint density at radius 3 is 1.45 bits per heavy atom. The molecule has 8 nitrogen and oxygen atoms in total. The van der Waals surface area contributed by atoms with E-state index in [2.05, 4.69) is 11.3 Å². The number of hydrogen-bond acceptors (Lipinski definition) is 7. The number of rotatable bonds is 12. The Morgan fingerprint density at radius 2 is 1.18 bits per heavy atom. The highest BCUT2D eigenvalue weighted by molar-refractivity contribution is 5.76. The fourth-order valence-electron chi connectivity index (χ4n) is 1.28. The van der Waals surface area contributed by atoms with Gasteiger partial charge in [0.25, 0.3) is 0 Å². The molecule has 0 atom stereocenters. The summed E-state index contributed by atoms with van der Waals surface area (Å²) in [7, 11) is 1.42. The minimum absolute atomic E-state index is 0.134. The molecule has 0 aliphatic rings. The SMILES string of the molecule is C=C(C)COOCCOC(=O)C(C)(C)CC.CCC(C)(C)C(=O)O.CCC(C)(C)C(=O)OC. The van der Waals surface area contributed by atoms with Crippen LogP contribution in [0.1, 0.15) is 88.5 Å². The number of hydrogen-bond donors (Lipinski definition) is 1. The molecule has 0 rings (SSSR count). The molecular formula is C25H48O8. The molecule has 0 aliphatic heterocycles. The highest BCUT2D eigenvalue weighted by atomic mass is 17.2. The molecule has 0 heterocycles. The number of carboxylic acids is 1. The van der Waals surface area contributed by atoms with Crippen molar-refractivity contribution in [3.8, 4) is 0 Å². The lowest BCUT2D eigenvalue weighted by atomic mass is 9.91. The summed E-state index contributed by atoms with van der Waals surface area (Å²) in [5.41, 5.74) is -0.406. The van der Waals surface area contributed by atoms with E-state index in [-0.39, 0.29) is 30.6 Å². The second-order valence-electron chi connectivity index (χ2n) is 9.69. The average molecular weight is 477 g/mol. The van der Waals surface area contributed by atoms with Crippen molar-refractivity contribution in [2.45, 2.75) is 88.5 Å². The van der Waals surface area contributed by atoms with E-state index in [1.165, 1.54) is 7.11 Å². The monoisotopic (exact) mass is 476 g/mol. The molecule has 0 fully saturated rings. The number of carboxylic acid groups (broad SMARTS) is 1. The third-order valence-electron chi connectivity index (χ3n) is 5.31. The van der Waals surface area contributed by atoms with Gasteiger partial charge in [-0.2, -0.15) is 0 Å². The lowest BCUT2D eigenvalue weighted by Crippen LogP contribution is -2.27. The number of ether oxygens (including phenoxy) is 2. The molecule has 0 unspecified atom stereocenters. The van der Waals surface area contributed by atoms with E-state index in [9.17, 15) is 14.4 Å². The van der Waals surface area contributed by atoms with E-state index < -0.39 is 16.8 Å². The van der Waals surface area contributed by atoms with Gasteiger partial charge in [-0.15, -0.1) is 0 Å². The molecule has 0 aromatic rings. The van der Waals surface area contributed by atoms with Crippen LogP contribution in [0.25, 0.3) is 0 Å². The van der Waals surface area contributed by atoms with Gasteiger partial charge in [0, 0.05) is 0 Å². The van der Waals surface area contributed by atoms with Crippen molar-refractivity contribution in [1.82, 2.24) is 0 Å². The quantitative estimate of drug-likeness (QED) is 0.128. The summed E-state index contributed by atoms with van der Waals surface area (Å²) in [6.45, 7) is 23.0. The predicted octanol–water partition coefficient (Wildman–Crippen LogP) is 5.59. The summed E-state index contributed by atoms with van der Waals surface area (Å²) in [6, 6.07) is 0. The fourth-order valence-corrected chi connectivity index (χ4v) is 1.28. The van der Waals surface area contributed by atoms with Gasteiger partial charge in [-0.25, -0.2) is 9.78 Å². The van der Waals surface area contributed by atoms with Gasteiger partial charge < -0.3 is 14.6 Å². The Bertz CT molecular complexity index is 591. The highest BCUT2D eigenvalue weighted by Gasteiger charge is 2.27. The van der Waals surface area contributed by atoms with Gasteiger partial charge in [0.05, 0.1) is 23.4 Å². The molecule has 0 bridgehead atoms. The first-order valence-corrected chi connectivity index (χ1v) is 11.3. The zero-order valence-corrected chi connectivity index (χ0v) is 22.8. The minimum Gasteiger partial charge on any atom is -0.481 e. The summed E-state index contributed by atoms with van der Waals surface area (Å²) in [5.74, 6) is -1.07. The van der Waals surface area contributed by atoms with Gasteiger partial charge >= 0.3 is 17.9 Å². The third-order valence-corrected chi connectivity index (χ3v) is 5.31. The topological polar surface area (TPSA) is 108 Å². The zero-order chi connectivity index (χ0) is 26.9. The molecule has 0 amide bonds. The van der Waals surface area contributed by atoms with Crippen molar-refractivity contribution in [1.29, 1.82) is 0 Å². The zero-order valence-electron chi connectivity index (χ0n) is 22.8. The summed E-state index contributed by atoms with van der Waals surface area (Å²) in [5, 5.41) is 8.44. The molecule has 0 aliphatic carbocycles. The Labute approximate surface area is 200 Å². The van der Waals surface area contributed by atoms with Crippen molar-refractivity contribution in [2.75, 3.05) is 26.9 Å². The van der Waals surface area contributed by atoms with Crippen LogP contribution in [-0.4, -0.2) is 49.9 Å². The first-order chi connectivity index (χ1) is 14.9. The summed E-state index contributed by atoms with van der Waals surface area (Å²) in [4.78, 5) is 42.2. The standard InChI is InChI=1S/C12H22O4.C7H14O2.C6H12O2/c1-6-12(4,5)11(13)14-7-8-15-16-9-10(2)3;1-5-7(2,3)6(8)9-4;1-4-6(2,3)5(7)8/h2,6-9H2,1,3-5H3;5H2,1-4H3;4H2,1-3H3,(H,7,8). The van der Waals surface area contributed by atoms with E-state index >= 15 is 0 Å². The van der Waals surface area contributed by atoms with Crippen LogP contribution in [0, 0.1) is 16.2 Å². The Hall–Kier alpha value is -1.93. The first-order valence-electron chi connectivity index (χ1n) is 11.3. The number of aliphatic carboxylic acids is 1. The number of carbonyl (C=O) groups excluding carboxylic acids is 2. The van der Waals surface area contributed by atoms with E-state index in [4.69, 9.17) is 19.6 Å². The van der Waals surface area contributed by atoms with Crippen LogP contribution in [-0.2, 0) is 33.6 Å². The van der Waals surface area contributed by atoms with Gasteiger partial charge in [-0.3, -0.25) is 14.4 Å². The molecule has 33 heavy (non-hydrogen) atoms. The molecule has 0 saturated carbocycles. The van der Waals surface area contributed by atoms with Crippen molar-refractivity contribution in [3.63, 3.8) is 0 Å². The van der Waals surface area contributed by atoms with E-state index in [0.29, 0.717) is 13.0 Å². The molecule has 0 aromatic heterocycles. The van der Waals surface area contributed by atoms with E-state index in [0.717, 1.165) is 18.4 Å². The fraction of sp³-hybridized carbons (Fsp3) is 0.800. The van der Waals surface area contributed by atoms with Gasteiger partial charge in [0.2, 0.25) is 0 Å². The average Bonchev–Trinajstić information content (AvgIpc) is 2.75. The van der Waals surface area contributed by atoms with Crippen molar-refractivity contribution in [3.05, 3.63) is 12.2 Å². The molecule has 8 heteroatoms.